The molecule has 2 amide bonds. The molecule has 0 saturated heterocycles. The summed E-state index contributed by atoms with van der Waals surface area (Å²) >= 11 is 0. The molecule has 1 aromatic carbocycles. The molecule has 1 rings (SSSR count). The molecule has 0 saturated carbocycles. The Morgan fingerprint density at radius 3 is 2.46 bits per heavy atom. The molecule has 0 aromatic heterocycles. The van der Waals surface area contributed by atoms with E-state index in [0.29, 0.717) is 12.3 Å². The van der Waals surface area contributed by atoms with Crippen LogP contribution in [-0.2, 0) is 27.5 Å². The van der Waals surface area contributed by atoms with E-state index < -0.39 is 12.1 Å². The minimum absolute atomic E-state index is 0.0143. The lowest BCUT2D eigenvalue weighted by Crippen LogP contribution is -2.50. The molecule has 0 fully saturated rings. The van der Waals surface area contributed by atoms with Crippen molar-refractivity contribution in [2.75, 3.05) is 12.4 Å². The maximum absolute atomic E-state index is 12.3. The number of hydrogen-bond acceptors (Lipinski definition) is 5. The Bertz CT molecular complexity index is 575. The third-order valence-electron chi connectivity index (χ3n) is 3.68. The molecule has 0 unspecified atom stereocenters. The van der Waals surface area contributed by atoms with E-state index >= 15 is 0 Å². The number of rotatable bonds is 8. The molecule has 1 aromatic rings. The van der Waals surface area contributed by atoms with Crippen LogP contribution < -0.4 is 16.4 Å². The van der Waals surface area contributed by atoms with Crippen LogP contribution in [0.25, 0.3) is 0 Å². The van der Waals surface area contributed by atoms with Gasteiger partial charge in [-0.25, -0.2) is 0 Å². The smallest absolute Gasteiger partial charge is 0.246 e. The first-order chi connectivity index (χ1) is 11.3. The maximum atomic E-state index is 12.3. The summed E-state index contributed by atoms with van der Waals surface area (Å²) in [6, 6.07) is 3.79. The van der Waals surface area contributed by atoms with Gasteiger partial charge in [0.1, 0.15) is 6.04 Å². The lowest BCUT2D eigenvalue weighted by molar-refractivity contribution is -0.127. The summed E-state index contributed by atoms with van der Waals surface area (Å²) in [6.45, 7) is 5.48. The zero-order valence-corrected chi connectivity index (χ0v) is 14.6. The van der Waals surface area contributed by atoms with Gasteiger partial charge in [0, 0.05) is 18.4 Å². The number of carbonyl (C=O) groups excluding carboxylic acids is 2. The Labute approximate surface area is 142 Å². The largest absolute Gasteiger partial charge is 0.392 e. The lowest BCUT2D eigenvalue weighted by atomic mass is 10.0. The normalized spacial score (nSPS) is 13.5. The molecule has 0 aliphatic rings. The van der Waals surface area contributed by atoms with E-state index in [1.165, 1.54) is 0 Å². The van der Waals surface area contributed by atoms with E-state index in [9.17, 15) is 14.7 Å². The van der Waals surface area contributed by atoms with E-state index in [0.717, 1.165) is 11.1 Å². The number of ether oxygens (including phenoxy) is 1. The molecular formula is C17H27N3O4. The van der Waals surface area contributed by atoms with Crippen molar-refractivity contribution in [2.24, 2.45) is 11.7 Å². The third-order valence-corrected chi connectivity index (χ3v) is 3.68. The number of amides is 2. The first-order valence-corrected chi connectivity index (χ1v) is 7.88. The van der Waals surface area contributed by atoms with Crippen LogP contribution in [0.1, 0.15) is 31.9 Å². The second kappa shape index (κ2) is 9.36. The molecule has 0 bridgehead atoms. The van der Waals surface area contributed by atoms with Crippen molar-refractivity contribution in [3.63, 3.8) is 0 Å². The summed E-state index contributed by atoms with van der Waals surface area (Å²) in [6.07, 6.45) is 0. The average Bonchev–Trinajstić information content (AvgIpc) is 2.55. The molecule has 0 spiro atoms. The molecule has 24 heavy (non-hydrogen) atoms. The van der Waals surface area contributed by atoms with Crippen molar-refractivity contribution in [1.29, 1.82) is 0 Å². The number of nitrogens with one attached hydrogen (secondary N) is 2. The van der Waals surface area contributed by atoms with Crippen LogP contribution in [0.5, 0.6) is 0 Å². The number of aliphatic hydroxyl groups excluding tert-OH is 1. The van der Waals surface area contributed by atoms with Crippen LogP contribution in [0.4, 0.5) is 5.69 Å². The second-order valence-corrected chi connectivity index (χ2v) is 6.07. The highest BCUT2D eigenvalue weighted by molar-refractivity contribution is 5.98. The van der Waals surface area contributed by atoms with Crippen molar-refractivity contribution >= 4 is 17.5 Å². The second-order valence-electron chi connectivity index (χ2n) is 6.07. The fourth-order valence-electron chi connectivity index (χ4n) is 2.06. The maximum Gasteiger partial charge on any atom is 0.246 e. The van der Waals surface area contributed by atoms with Crippen molar-refractivity contribution in [1.82, 2.24) is 5.32 Å². The predicted molar refractivity (Wildman–Crippen MR) is 92.1 cm³/mol. The molecule has 5 N–H and O–H groups in total. The summed E-state index contributed by atoms with van der Waals surface area (Å²) in [4.78, 5) is 24.2. The van der Waals surface area contributed by atoms with Crippen LogP contribution >= 0.6 is 0 Å². The topological polar surface area (TPSA) is 114 Å². The molecule has 0 aliphatic carbocycles. The molecular weight excluding hydrogens is 310 g/mol. The number of hydrogen-bond donors (Lipinski definition) is 4. The van der Waals surface area contributed by atoms with Crippen LogP contribution in [-0.4, -0.2) is 36.1 Å². The van der Waals surface area contributed by atoms with Gasteiger partial charge in [0.15, 0.2) is 0 Å². The van der Waals surface area contributed by atoms with Crippen molar-refractivity contribution in [2.45, 2.75) is 46.1 Å². The minimum Gasteiger partial charge on any atom is -0.392 e. The first-order valence-electron chi connectivity index (χ1n) is 7.88. The number of methoxy groups -OCH3 is 1. The Balaban J connectivity index is 2.78. The quantitative estimate of drug-likeness (QED) is 0.559. The number of carbonyl (C=O) groups is 2. The zero-order valence-electron chi connectivity index (χ0n) is 14.6. The third kappa shape index (κ3) is 5.59. The molecule has 7 nitrogen and oxygen atoms in total. The monoisotopic (exact) mass is 337 g/mol. The standard InChI is InChI=1S/C17H27N3O4/c1-10(2)15(18)17(23)19-11(3)16(22)20-14-6-5-12(8-21)7-13(14)9-24-4/h5-7,10-11,15,21H,8-9,18H2,1-4H3,(H,19,23)(H,20,22)/t11-,15-/m0/s1. The minimum atomic E-state index is -0.727. The summed E-state index contributed by atoms with van der Waals surface area (Å²) < 4.78 is 5.11. The predicted octanol–water partition coefficient (Wildman–Crippen LogP) is 0.752. The summed E-state index contributed by atoms with van der Waals surface area (Å²) in [5.74, 6) is -0.728. The Morgan fingerprint density at radius 2 is 1.92 bits per heavy atom. The average molecular weight is 337 g/mol. The van der Waals surface area contributed by atoms with Gasteiger partial charge in [-0.1, -0.05) is 19.9 Å². The summed E-state index contributed by atoms with van der Waals surface area (Å²) in [7, 11) is 1.55. The van der Waals surface area contributed by atoms with Crippen LogP contribution in [0.2, 0.25) is 0 Å². The molecule has 0 radical (unpaired) electrons. The van der Waals surface area contributed by atoms with Crippen LogP contribution in [0.15, 0.2) is 18.2 Å². The van der Waals surface area contributed by atoms with Crippen molar-refractivity contribution in [3.8, 4) is 0 Å². The highest BCUT2D eigenvalue weighted by Gasteiger charge is 2.22. The molecule has 7 heteroatoms. The number of anilines is 1. The summed E-state index contributed by atoms with van der Waals surface area (Å²) in [5, 5.41) is 14.6. The number of benzene rings is 1. The van der Waals surface area contributed by atoms with Gasteiger partial charge < -0.3 is 26.2 Å². The Hall–Kier alpha value is -1.96. The van der Waals surface area contributed by atoms with Crippen LogP contribution in [0, 0.1) is 5.92 Å². The van der Waals surface area contributed by atoms with Gasteiger partial charge in [0.05, 0.1) is 19.3 Å². The Morgan fingerprint density at radius 1 is 1.25 bits per heavy atom. The zero-order chi connectivity index (χ0) is 18.3. The van der Waals surface area contributed by atoms with E-state index in [1.54, 1.807) is 32.2 Å². The molecule has 2 atom stereocenters. The number of aliphatic hydroxyl groups is 1. The van der Waals surface area contributed by atoms with Gasteiger partial charge in [0.25, 0.3) is 0 Å². The van der Waals surface area contributed by atoms with Gasteiger partial charge in [-0.2, -0.15) is 0 Å². The molecule has 0 aliphatic heterocycles. The van der Waals surface area contributed by atoms with Crippen LogP contribution in [0.3, 0.4) is 0 Å². The van der Waals surface area contributed by atoms with E-state index in [4.69, 9.17) is 10.5 Å². The molecule has 134 valence electrons. The van der Waals surface area contributed by atoms with Gasteiger partial charge in [-0.15, -0.1) is 0 Å². The fourth-order valence-corrected chi connectivity index (χ4v) is 2.06. The first kappa shape index (κ1) is 20.1. The van der Waals surface area contributed by atoms with E-state index in [1.807, 2.05) is 13.8 Å². The van der Waals surface area contributed by atoms with Gasteiger partial charge in [-0.3, -0.25) is 9.59 Å². The van der Waals surface area contributed by atoms with Gasteiger partial charge in [-0.05, 0) is 30.5 Å². The lowest BCUT2D eigenvalue weighted by Gasteiger charge is -2.20. The fraction of sp³-hybridized carbons (Fsp3) is 0.529. The Kier molecular flexibility index (Phi) is 7.84. The highest BCUT2D eigenvalue weighted by Crippen LogP contribution is 2.19. The molecule has 0 heterocycles. The SMILES string of the molecule is COCc1cc(CO)ccc1NC(=O)[C@H](C)NC(=O)[C@@H](N)C(C)C. The van der Waals surface area contributed by atoms with Crippen molar-refractivity contribution in [3.05, 3.63) is 29.3 Å². The van der Waals surface area contributed by atoms with E-state index in [2.05, 4.69) is 10.6 Å². The van der Waals surface area contributed by atoms with Gasteiger partial charge in [0.2, 0.25) is 11.8 Å². The number of nitrogens with two attached hydrogens (primary N) is 1. The van der Waals surface area contributed by atoms with Crippen molar-refractivity contribution < 1.29 is 19.4 Å². The highest BCUT2D eigenvalue weighted by atomic mass is 16.5. The summed E-state index contributed by atoms with van der Waals surface area (Å²) in [5.41, 5.74) is 7.82. The van der Waals surface area contributed by atoms with E-state index in [-0.39, 0.29) is 24.3 Å². The van der Waals surface area contributed by atoms with Gasteiger partial charge >= 0.3 is 0 Å².